The van der Waals surface area contributed by atoms with E-state index in [0.717, 1.165) is 10.5 Å². The smallest absolute Gasteiger partial charge is 0.304 e. The van der Waals surface area contributed by atoms with Gasteiger partial charge in [-0.15, -0.1) is 0 Å². The second kappa shape index (κ2) is 11.4. The Hall–Kier alpha value is -4.38. The Bertz CT molecular complexity index is 1560. The molecular formula is C29H26F2N4O4S. The molecule has 2 aromatic heterocycles. The molecule has 40 heavy (non-hydrogen) atoms. The summed E-state index contributed by atoms with van der Waals surface area (Å²) in [5, 5.41) is 8.74. The lowest BCUT2D eigenvalue weighted by atomic mass is 9.95. The molecule has 1 unspecified atom stereocenters. The second-order valence-electron chi connectivity index (χ2n) is 9.51. The molecule has 1 amide bonds. The molecule has 1 aliphatic heterocycles. The minimum atomic E-state index is -1.12. The molecule has 11 heteroatoms. The number of aromatic nitrogens is 2. The lowest BCUT2D eigenvalue weighted by Crippen LogP contribution is -2.35. The van der Waals surface area contributed by atoms with E-state index in [1.807, 2.05) is 42.3 Å². The van der Waals surface area contributed by atoms with Crippen molar-refractivity contribution < 1.29 is 28.2 Å². The van der Waals surface area contributed by atoms with Crippen LogP contribution in [0.2, 0.25) is 0 Å². The summed E-state index contributed by atoms with van der Waals surface area (Å²) in [4.78, 5) is 36.9. The van der Waals surface area contributed by atoms with Crippen molar-refractivity contribution in [3.8, 4) is 28.1 Å². The van der Waals surface area contributed by atoms with Gasteiger partial charge in [-0.25, -0.2) is 14.4 Å². The third-order valence-electron chi connectivity index (χ3n) is 6.71. The van der Waals surface area contributed by atoms with Crippen molar-refractivity contribution in [2.24, 2.45) is 5.92 Å². The number of amides is 1. The number of aliphatic carboxylic acids is 1. The minimum absolute atomic E-state index is 0.0321. The Morgan fingerprint density at radius 2 is 1.93 bits per heavy atom. The molecular weight excluding hydrogens is 538 g/mol. The van der Waals surface area contributed by atoms with E-state index in [-0.39, 0.29) is 22.8 Å². The van der Waals surface area contributed by atoms with E-state index >= 15 is 4.39 Å². The molecule has 0 bridgehead atoms. The summed E-state index contributed by atoms with van der Waals surface area (Å²) in [5.74, 6) is -1.85. The zero-order chi connectivity index (χ0) is 28.4. The number of carboxylic acid groups (broad SMARTS) is 1. The van der Waals surface area contributed by atoms with E-state index < -0.39 is 35.2 Å². The topological polar surface area (TPSA) is 95.9 Å². The van der Waals surface area contributed by atoms with Crippen LogP contribution < -0.4 is 14.5 Å². The van der Waals surface area contributed by atoms with Crippen molar-refractivity contribution in [1.82, 2.24) is 9.97 Å². The first-order valence-electron chi connectivity index (χ1n) is 12.5. The zero-order valence-corrected chi connectivity index (χ0v) is 22.6. The highest BCUT2D eigenvalue weighted by Crippen LogP contribution is 2.40. The average Bonchev–Trinajstić information content (AvgIpc) is 3.33. The molecule has 0 fully saturated rings. The first kappa shape index (κ1) is 27.2. The van der Waals surface area contributed by atoms with E-state index in [0.29, 0.717) is 47.2 Å². The van der Waals surface area contributed by atoms with Crippen LogP contribution in [0.4, 0.5) is 19.7 Å². The third-order valence-corrected chi connectivity index (χ3v) is 7.63. The molecule has 5 rings (SSSR count). The molecule has 2 aromatic carbocycles. The number of nitrogens with zero attached hydrogens (tertiary/aromatic N) is 4. The van der Waals surface area contributed by atoms with E-state index in [1.165, 1.54) is 25.2 Å². The van der Waals surface area contributed by atoms with Gasteiger partial charge >= 0.3 is 5.97 Å². The summed E-state index contributed by atoms with van der Waals surface area (Å²) < 4.78 is 35.6. The maximum atomic E-state index is 15.4. The van der Waals surface area contributed by atoms with Crippen LogP contribution in [0.3, 0.4) is 0 Å². The molecule has 1 N–H and O–H groups in total. The SMILES string of the molecule is CN1CCOc2cc(-c3ccc(F)cc3-c3nc(N(C)C(=O)C(CC(=O)O)Cc4ccccc4)sc3F)cnc21. The number of fused-ring (bicyclic) bond motifs is 1. The Morgan fingerprint density at radius 3 is 2.67 bits per heavy atom. The van der Waals surface area contributed by atoms with Gasteiger partial charge in [0, 0.05) is 31.4 Å². The van der Waals surface area contributed by atoms with Crippen LogP contribution in [0.1, 0.15) is 12.0 Å². The van der Waals surface area contributed by atoms with Gasteiger partial charge in [0.15, 0.2) is 16.7 Å². The number of carbonyl (C=O) groups excluding carboxylic acids is 1. The maximum absolute atomic E-state index is 15.4. The maximum Gasteiger partial charge on any atom is 0.304 e. The number of hydrogen-bond acceptors (Lipinski definition) is 7. The number of rotatable bonds is 8. The van der Waals surface area contributed by atoms with Crippen molar-refractivity contribution in [1.29, 1.82) is 0 Å². The summed E-state index contributed by atoms with van der Waals surface area (Å²) in [5.41, 5.74) is 1.96. The molecule has 206 valence electrons. The summed E-state index contributed by atoms with van der Waals surface area (Å²) in [6, 6.07) is 14.8. The molecule has 8 nitrogen and oxygen atoms in total. The van der Waals surface area contributed by atoms with Gasteiger partial charge < -0.3 is 14.7 Å². The number of halogens is 2. The summed E-state index contributed by atoms with van der Waals surface area (Å²) >= 11 is 0.632. The lowest BCUT2D eigenvalue weighted by Gasteiger charge is -2.26. The number of pyridine rings is 1. The molecule has 0 aliphatic carbocycles. The van der Waals surface area contributed by atoms with Crippen LogP contribution in [0.5, 0.6) is 5.75 Å². The predicted molar refractivity (Wildman–Crippen MR) is 149 cm³/mol. The molecule has 4 aromatic rings. The van der Waals surface area contributed by atoms with Crippen LogP contribution in [0.25, 0.3) is 22.4 Å². The van der Waals surface area contributed by atoms with Gasteiger partial charge in [0.1, 0.15) is 18.1 Å². The van der Waals surface area contributed by atoms with Gasteiger partial charge in [-0.3, -0.25) is 14.5 Å². The quantitative estimate of drug-likeness (QED) is 0.311. The first-order chi connectivity index (χ1) is 19.2. The molecule has 0 saturated heterocycles. The Labute approximate surface area is 233 Å². The Kier molecular flexibility index (Phi) is 7.74. The fourth-order valence-electron chi connectivity index (χ4n) is 4.66. The summed E-state index contributed by atoms with van der Waals surface area (Å²) in [7, 11) is 3.33. The van der Waals surface area contributed by atoms with Crippen molar-refractivity contribution >= 4 is 34.2 Å². The number of benzene rings is 2. The average molecular weight is 565 g/mol. The van der Waals surface area contributed by atoms with Crippen LogP contribution in [0, 0.1) is 16.9 Å². The Morgan fingerprint density at radius 1 is 1.15 bits per heavy atom. The van der Waals surface area contributed by atoms with E-state index in [1.54, 1.807) is 12.3 Å². The fraction of sp³-hybridized carbons (Fsp3) is 0.241. The monoisotopic (exact) mass is 564 g/mol. The number of carbonyl (C=O) groups is 2. The van der Waals surface area contributed by atoms with Gasteiger partial charge in [0.05, 0.1) is 18.9 Å². The Balaban J connectivity index is 1.48. The van der Waals surface area contributed by atoms with Crippen LogP contribution in [0.15, 0.2) is 60.8 Å². The summed E-state index contributed by atoms with van der Waals surface area (Å²) in [6.07, 6.45) is 1.42. The number of thiazole rings is 1. The van der Waals surface area contributed by atoms with Crippen LogP contribution >= 0.6 is 11.3 Å². The highest BCUT2D eigenvalue weighted by Gasteiger charge is 2.29. The molecule has 3 heterocycles. The number of likely N-dealkylation sites (N-methyl/N-ethyl adjacent to an activating group) is 1. The lowest BCUT2D eigenvalue weighted by molar-refractivity contribution is -0.140. The molecule has 0 spiro atoms. The summed E-state index contributed by atoms with van der Waals surface area (Å²) in [6.45, 7) is 1.18. The van der Waals surface area contributed by atoms with Crippen molar-refractivity contribution in [3.63, 3.8) is 0 Å². The van der Waals surface area contributed by atoms with Gasteiger partial charge in [-0.05, 0) is 35.7 Å². The van der Waals surface area contributed by atoms with Gasteiger partial charge in [0.2, 0.25) is 11.0 Å². The van der Waals surface area contributed by atoms with Crippen LogP contribution in [-0.2, 0) is 16.0 Å². The van der Waals surface area contributed by atoms with Crippen molar-refractivity contribution in [2.75, 3.05) is 37.0 Å². The normalized spacial score (nSPS) is 13.3. The van der Waals surface area contributed by atoms with Crippen LogP contribution in [-0.4, -0.2) is 54.2 Å². The third kappa shape index (κ3) is 5.64. The first-order valence-corrected chi connectivity index (χ1v) is 13.4. The molecule has 1 aliphatic rings. The molecule has 0 radical (unpaired) electrons. The van der Waals surface area contributed by atoms with E-state index in [2.05, 4.69) is 9.97 Å². The number of ether oxygens (including phenoxy) is 1. The standard InChI is InChI=1S/C29H26F2N4O4S/c1-34-10-11-39-23-13-19(16-32-27(23)34)21-9-8-20(30)15-22(21)25-26(31)40-29(33-25)35(2)28(38)18(14-24(36)37)12-17-6-4-3-5-7-17/h3-9,13,15-16,18H,10-12,14H2,1-2H3,(H,36,37). The van der Waals surface area contributed by atoms with Crippen molar-refractivity contribution in [3.05, 3.63) is 77.3 Å². The predicted octanol–water partition coefficient (Wildman–Crippen LogP) is 5.28. The van der Waals surface area contributed by atoms with E-state index in [9.17, 15) is 19.1 Å². The van der Waals surface area contributed by atoms with Gasteiger partial charge in [0.25, 0.3) is 0 Å². The second-order valence-corrected chi connectivity index (χ2v) is 10.4. The minimum Gasteiger partial charge on any atom is -0.488 e. The number of carboxylic acids is 1. The molecule has 1 atom stereocenters. The number of anilines is 2. The highest BCUT2D eigenvalue weighted by atomic mass is 32.1. The van der Waals surface area contributed by atoms with E-state index in [4.69, 9.17) is 4.74 Å². The highest BCUT2D eigenvalue weighted by molar-refractivity contribution is 7.14. The fourth-order valence-corrected chi connectivity index (χ4v) is 5.44. The van der Waals surface area contributed by atoms with Gasteiger partial charge in [-0.1, -0.05) is 47.7 Å². The van der Waals surface area contributed by atoms with Gasteiger partial charge in [-0.2, -0.15) is 4.39 Å². The zero-order valence-electron chi connectivity index (χ0n) is 21.8. The largest absolute Gasteiger partial charge is 0.488 e. The van der Waals surface area contributed by atoms with Crippen molar-refractivity contribution in [2.45, 2.75) is 12.8 Å². The molecule has 0 saturated carbocycles. The number of hydrogen-bond donors (Lipinski definition) is 1.